The highest BCUT2D eigenvalue weighted by atomic mass is 35.5. The van der Waals surface area contributed by atoms with Gasteiger partial charge in [0.25, 0.3) is 0 Å². The van der Waals surface area contributed by atoms with Crippen molar-refractivity contribution in [3.63, 3.8) is 0 Å². The van der Waals surface area contributed by atoms with Gasteiger partial charge in [0.1, 0.15) is 5.82 Å². The molecule has 0 amide bonds. The fraction of sp³-hybridized carbons (Fsp3) is 0.0833. The lowest BCUT2D eigenvalue weighted by atomic mass is 10.0. The van der Waals surface area contributed by atoms with Crippen molar-refractivity contribution >= 4 is 33.8 Å². The second kappa shape index (κ2) is 7.22. The van der Waals surface area contributed by atoms with Crippen LogP contribution in [0.25, 0.3) is 27.5 Å². The van der Waals surface area contributed by atoms with Crippen LogP contribution >= 0.6 is 11.6 Å². The number of hydrogen-bond acceptors (Lipinski definition) is 3. The van der Waals surface area contributed by atoms with Gasteiger partial charge in [0, 0.05) is 24.0 Å². The van der Waals surface area contributed by atoms with Crippen molar-refractivity contribution in [2.45, 2.75) is 13.5 Å². The normalized spacial score (nSPS) is 11.2. The van der Waals surface area contributed by atoms with E-state index in [0.717, 1.165) is 27.8 Å². The Morgan fingerprint density at radius 3 is 2.59 bits per heavy atom. The molecule has 0 spiro atoms. The van der Waals surface area contributed by atoms with E-state index in [1.807, 2.05) is 30.3 Å². The van der Waals surface area contributed by atoms with Gasteiger partial charge in [-0.25, -0.2) is 9.97 Å². The third kappa shape index (κ3) is 3.32. The van der Waals surface area contributed by atoms with Crippen molar-refractivity contribution < 1.29 is 0 Å². The first-order valence-electron chi connectivity index (χ1n) is 9.51. The fourth-order valence-electron chi connectivity index (χ4n) is 3.76. The van der Waals surface area contributed by atoms with Crippen molar-refractivity contribution in [2.24, 2.45) is 0 Å². The summed E-state index contributed by atoms with van der Waals surface area (Å²) in [7, 11) is 0. The maximum Gasteiger partial charge on any atom is 0.224 e. The first kappa shape index (κ1) is 17.7. The van der Waals surface area contributed by atoms with Crippen molar-refractivity contribution in [3.05, 3.63) is 95.5 Å². The van der Waals surface area contributed by atoms with Gasteiger partial charge in [0.05, 0.1) is 10.9 Å². The van der Waals surface area contributed by atoms with Gasteiger partial charge in [-0.2, -0.15) is 0 Å². The fourth-order valence-corrected chi connectivity index (χ4v) is 3.94. The van der Waals surface area contributed by atoms with Crippen LogP contribution in [-0.2, 0) is 6.54 Å². The summed E-state index contributed by atoms with van der Waals surface area (Å²) >= 11 is 6.22. The van der Waals surface area contributed by atoms with Crippen LogP contribution in [-0.4, -0.2) is 14.4 Å². The summed E-state index contributed by atoms with van der Waals surface area (Å²) in [6, 6.07) is 24.8. The van der Waals surface area contributed by atoms with E-state index in [1.165, 1.54) is 16.8 Å². The molecule has 0 radical (unpaired) electrons. The molecule has 5 aromatic rings. The summed E-state index contributed by atoms with van der Waals surface area (Å²) in [4.78, 5) is 8.94. The van der Waals surface area contributed by atoms with Crippen molar-refractivity contribution in [3.8, 4) is 11.1 Å². The molecular weight excluding hydrogens is 380 g/mol. The van der Waals surface area contributed by atoms with Gasteiger partial charge in [-0.15, -0.1) is 0 Å². The zero-order chi connectivity index (χ0) is 19.8. The van der Waals surface area contributed by atoms with Gasteiger partial charge in [-0.1, -0.05) is 48.5 Å². The molecule has 0 unspecified atom stereocenters. The van der Waals surface area contributed by atoms with Crippen LogP contribution in [0.2, 0.25) is 5.28 Å². The molecule has 0 atom stereocenters. The standard InChI is InChI=1S/C24H19ClN4/c1-16-7-5-10-19-13-17(15-29(16)19)14-26-23-22-20(18-8-3-2-4-9-18)11-6-12-21(22)27-24(25)28-23/h2-13,15H,14H2,1H3,(H,26,27,28). The molecular formula is C24H19ClN4. The molecule has 0 aliphatic heterocycles. The number of pyridine rings is 1. The average molecular weight is 399 g/mol. The van der Waals surface area contributed by atoms with E-state index >= 15 is 0 Å². The van der Waals surface area contributed by atoms with Crippen LogP contribution in [0.1, 0.15) is 11.3 Å². The lowest BCUT2D eigenvalue weighted by Gasteiger charge is -2.12. The Hall–Kier alpha value is -3.37. The molecule has 142 valence electrons. The van der Waals surface area contributed by atoms with Gasteiger partial charge in [0.2, 0.25) is 5.28 Å². The molecule has 4 nitrogen and oxygen atoms in total. The summed E-state index contributed by atoms with van der Waals surface area (Å²) in [6.45, 7) is 2.75. The first-order chi connectivity index (χ1) is 14.2. The quantitative estimate of drug-likeness (QED) is 0.370. The van der Waals surface area contributed by atoms with Gasteiger partial charge in [-0.05, 0) is 59.5 Å². The molecule has 1 N–H and O–H groups in total. The Kier molecular flexibility index (Phi) is 4.41. The Morgan fingerprint density at radius 1 is 0.931 bits per heavy atom. The summed E-state index contributed by atoms with van der Waals surface area (Å²) in [5.41, 5.74) is 6.59. The Labute approximate surface area is 173 Å². The van der Waals surface area contributed by atoms with E-state index in [9.17, 15) is 0 Å². The van der Waals surface area contributed by atoms with Crippen LogP contribution in [0.5, 0.6) is 0 Å². The van der Waals surface area contributed by atoms with Crippen molar-refractivity contribution in [2.75, 3.05) is 5.32 Å². The second-order valence-corrected chi connectivity index (χ2v) is 7.41. The Morgan fingerprint density at radius 2 is 1.76 bits per heavy atom. The third-order valence-electron chi connectivity index (χ3n) is 5.13. The zero-order valence-corrected chi connectivity index (χ0v) is 16.7. The molecule has 0 bridgehead atoms. The lowest BCUT2D eigenvalue weighted by Crippen LogP contribution is -2.03. The van der Waals surface area contributed by atoms with E-state index in [-0.39, 0.29) is 5.28 Å². The van der Waals surface area contributed by atoms with E-state index < -0.39 is 0 Å². The molecule has 3 heterocycles. The molecule has 2 aromatic carbocycles. The molecule has 0 saturated heterocycles. The highest BCUT2D eigenvalue weighted by Gasteiger charge is 2.13. The van der Waals surface area contributed by atoms with Crippen molar-refractivity contribution in [1.82, 2.24) is 14.4 Å². The van der Waals surface area contributed by atoms with E-state index in [2.05, 4.69) is 75.3 Å². The monoisotopic (exact) mass is 398 g/mol. The number of anilines is 1. The topological polar surface area (TPSA) is 42.2 Å². The van der Waals surface area contributed by atoms with Crippen LogP contribution < -0.4 is 5.32 Å². The summed E-state index contributed by atoms with van der Waals surface area (Å²) in [6.07, 6.45) is 2.15. The predicted octanol–water partition coefficient (Wildman–Crippen LogP) is 6.12. The second-order valence-electron chi connectivity index (χ2n) is 7.07. The molecule has 0 saturated carbocycles. The highest BCUT2D eigenvalue weighted by molar-refractivity contribution is 6.29. The minimum Gasteiger partial charge on any atom is -0.365 e. The minimum absolute atomic E-state index is 0.239. The molecule has 29 heavy (non-hydrogen) atoms. The van der Waals surface area contributed by atoms with Gasteiger partial charge >= 0.3 is 0 Å². The highest BCUT2D eigenvalue weighted by Crippen LogP contribution is 2.33. The van der Waals surface area contributed by atoms with E-state index in [4.69, 9.17) is 11.6 Å². The van der Waals surface area contributed by atoms with E-state index in [1.54, 1.807) is 0 Å². The summed E-state index contributed by atoms with van der Waals surface area (Å²) in [5, 5.41) is 4.70. The summed E-state index contributed by atoms with van der Waals surface area (Å²) in [5.74, 6) is 0.742. The average Bonchev–Trinajstić information content (AvgIpc) is 3.16. The summed E-state index contributed by atoms with van der Waals surface area (Å²) < 4.78 is 2.19. The van der Waals surface area contributed by atoms with E-state index in [0.29, 0.717) is 6.54 Å². The maximum absolute atomic E-state index is 6.22. The Bertz CT molecular complexity index is 1330. The molecule has 0 fully saturated rings. The molecule has 5 heteroatoms. The molecule has 0 aliphatic rings. The largest absolute Gasteiger partial charge is 0.365 e. The van der Waals surface area contributed by atoms with Crippen LogP contribution in [0.3, 0.4) is 0 Å². The smallest absolute Gasteiger partial charge is 0.224 e. The number of nitrogens with zero attached hydrogens (tertiary/aromatic N) is 3. The molecule has 3 aromatic heterocycles. The first-order valence-corrected chi connectivity index (χ1v) is 9.89. The SMILES string of the molecule is Cc1cccc2cc(CNc3nc(Cl)nc4cccc(-c5ccccc5)c34)cn12. The minimum atomic E-state index is 0.239. The number of rotatable bonds is 4. The predicted molar refractivity (Wildman–Crippen MR) is 119 cm³/mol. The number of aromatic nitrogens is 3. The third-order valence-corrected chi connectivity index (χ3v) is 5.30. The van der Waals surface area contributed by atoms with Crippen molar-refractivity contribution in [1.29, 1.82) is 0 Å². The zero-order valence-electron chi connectivity index (χ0n) is 15.9. The van der Waals surface area contributed by atoms with Crippen LogP contribution in [0.4, 0.5) is 5.82 Å². The van der Waals surface area contributed by atoms with Gasteiger partial charge < -0.3 is 9.72 Å². The van der Waals surface area contributed by atoms with Gasteiger partial charge in [0.15, 0.2) is 0 Å². The van der Waals surface area contributed by atoms with Crippen LogP contribution in [0.15, 0.2) is 79.0 Å². The number of fused-ring (bicyclic) bond motifs is 2. The lowest BCUT2D eigenvalue weighted by molar-refractivity contribution is 1.06. The number of aryl methyl sites for hydroxylation is 1. The van der Waals surface area contributed by atoms with Gasteiger partial charge in [-0.3, -0.25) is 0 Å². The van der Waals surface area contributed by atoms with Crippen LogP contribution in [0, 0.1) is 6.92 Å². The molecule has 0 aliphatic carbocycles. The Balaban J connectivity index is 1.57. The maximum atomic E-state index is 6.22. The number of benzene rings is 2. The number of nitrogens with one attached hydrogen (secondary N) is 1. The number of halogens is 1. The molecule has 5 rings (SSSR count). The number of hydrogen-bond donors (Lipinski definition) is 1.